The Morgan fingerprint density at radius 2 is 2.17 bits per heavy atom. The van der Waals surface area contributed by atoms with Crippen molar-refractivity contribution >= 4 is 11.4 Å². The van der Waals surface area contributed by atoms with Gasteiger partial charge in [0.25, 0.3) is 0 Å². The average molecular weight is 120 g/mol. The minimum absolute atomic E-state index is 0. The van der Waals surface area contributed by atoms with E-state index in [0.29, 0.717) is 0 Å². The van der Waals surface area contributed by atoms with Gasteiger partial charge in [0, 0.05) is 0 Å². The molecule has 0 aliphatic rings. The number of nitrogens with two attached hydrogens (primary N) is 1. The molecule has 4 nitrogen and oxygen atoms in total. The Morgan fingerprint density at radius 1 is 2.00 bits per heavy atom. The third-order valence-electron chi connectivity index (χ3n) is 0.0786. The largest absolute Gasteiger partial charge is 1.00 e. The van der Waals surface area contributed by atoms with Crippen molar-refractivity contribution in [2.45, 2.75) is 0 Å². The molecule has 0 saturated carbocycles. The van der Waals surface area contributed by atoms with Crippen LogP contribution in [0.4, 0.5) is 0 Å². The Labute approximate surface area is 61.3 Å². The fourth-order valence-corrected chi connectivity index (χ4v) is 0. The van der Waals surface area contributed by atoms with Crippen molar-refractivity contribution in [1.82, 2.24) is 0 Å². The zero-order chi connectivity index (χ0) is 4.28. The van der Waals surface area contributed by atoms with Gasteiger partial charge in [-0.1, -0.05) is 0 Å². The minimum atomic E-state index is -2.54. The first kappa shape index (κ1) is 10.1. The monoisotopic (exact) mass is 120 g/mol. The molecule has 0 aromatic heterocycles. The van der Waals surface area contributed by atoms with E-state index >= 15 is 0 Å². The van der Waals surface area contributed by atoms with Crippen LogP contribution >= 0.6 is 0 Å². The molecule has 1 unspecified atom stereocenters. The number of rotatable bonds is 1. The van der Waals surface area contributed by atoms with Crippen molar-refractivity contribution in [1.29, 1.82) is 0 Å². The van der Waals surface area contributed by atoms with Crippen LogP contribution in [0.2, 0.25) is 0 Å². The van der Waals surface area contributed by atoms with Gasteiger partial charge in [0.05, 0.1) is 0 Å². The van der Waals surface area contributed by atoms with Gasteiger partial charge in [0.2, 0.25) is 0 Å². The molecule has 0 aromatic rings. The molecule has 0 spiro atoms. The van der Waals surface area contributed by atoms with Crippen molar-refractivity contribution in [3.63, 3.8) is 0 Å². The predicted molar refractivity (Wildman–Crippen MR) is 15.3 cm³/mol. The van der Waals surface area contributed by atoms with Crippen molar-refractivity contribution < 1.29 is 44.0 Å². The molecular formula is H3NNaO3S-. The number of hydrogen-bond acceptors (Lipinski definition) is 4. The van der Waals surface area contributed by atoms with E-state index in [1.54, 1.807) is 0 Å². The molecule has 6 heteroatoms. The van der Waals surface area contributed by atoms with Gasteiger partial charge in [-0.15, -0.1) is 0 Å². The van der Waals surface area contributed by atoms with Crippen LogP contribution in [0.5, 0.6) is 0 Å². The van der Waals surface area contributed by atoms with Gasteiger partial charge in [0.1, 0.15) is 11.4 Å². The summed E-state index contributed by atoms with van der Waals surface area (Å²) < 4.78 is 21.2. The molecule has 0 amide bonds. The molecule has 0 radical (unpaired) electrons. The van der Waals surface area contributed by atoms with E-state index in [-0.39, 0.29) is 31.0 Å². The third-order valence-corrected chi connectivity index (χ3v) is 0.236. The molecule has 0 fully saturated rings. The first-order chi connectivity index (χ1) is 2.27. The summed E-state index contributed by atoms with van der Waals surface area (Å²) in [5.74, 6) is 4.06. The van der Waals surface area contributed by atoms with E-state index in [1.165, 1.54) is 0 Å². The molecule has 34 valence electrons. The first-order valence-electron chi connectivity index (χ1n) is 0.736. The van der Waals surface area contributed by atoms with Gasteiger partial charge in [-0.25, -0.2) is 14.4 Å². The summed E-state index contributed by atoms with van der Waals surface area (Å²) in [5.41, 5.74) is 0. The SMILES string of the molecule is NOS(=O)[O-].[H-].[Na+]. The summed E-state index contributed by atoms with van der Waals surface area (Å²) in [6.07, 6.45) is 0. The zero-order valence-electron chi connectivity index (χ0n) is 4.21. The van der Waals surface area contributed by atoms with Crippen molar-refractivity contribution in [3.8, 4) is 0 Å². The summed E-state index contributed by atoms with van der Waals surface area (Å²) >= 11 is -2.54. The van der Waals surface area contributed by atoms with E-state index in [1.807, 2.05) is 0 Å². The summed E-state index contributed by atoms with van der Waals surface area (Å²) in [6.45, 7) is 0. The van der Waals surface area contributed by atoms with Crippen LogP contribution in [0.25, 0.3) is 0 Å². The van der Waals surface area contributed by atoms with E-state index in [9.17, 15) is 0 Å². The second-order valence-corrected chi connectivity index (χ2v) is 0.901. The topological polar surface area (TPSA) is 75.4 Å². The van der Waals surface area contributed by atoms with Gasteiger partial charge >= 0.3 is 29.6 Å². The van der Waals surface area contributed by atoms with Crippen LogP contribution in [-0.4, -0.2) is 8.76 Å². The smallest absolute Gasteiger partial charge is 1.00 e. The molecule has 0 aromatic carbocycles. The molecule has 0 aliphatic carbocycles. The molecular weight excluding hydrogens is 117 g/mol. The molecule has 0 aliphatic heterocycles. The number of hydrogen-bond donors (Lipinski definition) is 1. The fraction of sp³-hybridized carbons (Fsp3) is 0. The molecule has 0 saturated heterocycles. The van der Waals surface area contributed by atoms with Crippen LogP contribution in [0.3, 0.4) is 0 Å². The van der Waals surface area contributed by atoms with Gasteiger partial charge in [0.15, 0.2) is 0 Å². The minimum Gasteiger partial charge on any atom is -1.00 e. The summed E-state index contributed by atoms with van der Waals surface area (Å²) in [5, 5.41) is 0. The Hall–Kier alpha value is 1.03. The Morgan fingerprint density at radius 3 is 2.17 bits per heavy atom. The van der Waals surface area contributed by atoms with Gasteiger partial charge in [-0.05, 0) is 0 Å². The maximum Gasteiger partial charge on any atom is 1.00 e. The van der Waals surface area contributed by atoms with E-state index < -0.39 is 11.4 Å². The third kappa shape index (κ3) is 8.90. The molecule has 0 heterocycles. The van der Waals surface area contributed by atoms with Crippen molar-refractivity contribution in [3.05, 3.63) is 0 Å². The van der Waals surface area contributed by atoms with E-state index in [2.05, 4.69) is 10.2 Å². The molecule has 0 rings (SSSR count). The first-order valence-corrected chi connectivity index (χ1v) is 1.74. The van der Waals surface area contributed by atoms with Crippen molar-refractivity contribution in [2.75, 3.05) is 0 Å². The van der Waals surface area contributed by atoms with Gasteiger partial charge in [-0.3, -0.25) is 0 Å². The summed E-state index contributed by atoms with van der Waals surface area (Å²) in [6, 6.07) is 0. The zero-order valence-corrected chi connectivity index (χ0v) is 6.03. The average Bonchev–Trinajstić information content (AvgIpc) is 1.38. The van der Waals surface area contributed by atoms with Crippen LogP contribution in [0.1, 0.15) is 1.43 Å². The van der Waals surface area contributed by atoms with Crippen LogP contribution < -0.4 is 35.5 Å². The van der Waals surface area contributed by atoms with Crippen molar-refractivity contribution in [2.24, 2.45) is 5.90 Å². The molecule has 1 atom stereocenters. The second kappa shape index (κ2) is 6.03. The second-order valence-electron chi connectivity index (χ2n) is 0.300. The predicted octanol–water partition coefficient (Wildman–Crippen LogP) is -4.21. The van der Waals surface area contributed by atoms with Gasteiger partial charge < -0.3 is 5.98 Å². The Bertz CT molecular complexity index is 50.2. The fourth-order valence-electron chi connectivity index (χ4n) is 0. The molecule has 2 N–H and O–H groups in total. The maximum absolute atomic E-state index is 9.02. The normalized spacial score (nSPS) is 12.3. The summed E-state index contributed by atoms with van der Waals surface area (Å²) in [4.78, 5) is 0. The van der Waals surface area contributed by atoms with E-state index in [0.717, 1.165) is 0 Å². The maximum atomic E-state index is 9.02. The van der Waals surface area contributed by atoms with Crippen LogP contribution in [0, 0.1) is 0 Å². The summed E-state index contributed by atoms with van der Waals surface area (Å²) in [7, 11) is 0. The quantitative estimate of drug-likeness (QED) is 0.216. The Kier molecular flexibility index (Phi) is 10.2. The van der Waals surface area contributed by atoms with Crippen LogP contribution in [-0.2, 0) is 15.6 Å². The Balaban J connectivity index is -0.0000000800. The standard InChI is InChI=1S/H3NO3S.Na.H/c1-4-5(2)3;;/h1H2,(H,2,3);;/q;+1;-1/p-1. The molecule has 6 heavy (non-hydrogen) atoms. The molecule has 0 bridgehead atoms. The van der Waals surface area contributed by atoms with Crippen LogP contribution in [0.15, 0.2) is 0 Å². The van der Waals surface area contributed by atoms with Gasteiger partial charge in [-0.2, -0.15) is 0 Å². The van der Waals surface area contributed by atoms with E-state index in [4.69, 9.17) is 8.76 Å².